The van der Waals surface area contributed by atoms with Crippen LogP contribution in [0, 0.1) is 5.41 Å². The summed E-state index contributed by atoms with van der Waals surface area (Å²) in [5, 5.41) is 14.8. The summed E-state index contributed by atoms with van der Waals surface area (Å²) in [5.74, 6) is -0.225. The van der Waals surface area contributed by atoms with Gasteiger partial charge in [0, 0.05) is 36.5 Å². The molecule has 0 spiro atoms. The molecule has 0 bridgehead atoms. The van der Waals surface area contributed by atoms with Crippen molar-refractivity contribution in [3.8, 4) is 0 Å². The third kappa shape index (κ3) is 12.3. The Balaban J connectivity index is 0.00000121. The molecule has 4 N–H and O–H groups in total. The number of amidine groups is 1. The molecule has 4 aromatic rings. The SMILES string of the molecule is CCCCCCOC(=O)NC(=N)c1ccc(NCc2nc3cc(C(=O)N(OC(=O)CC)c4ccccn4)ccc3n2C)cc1.CS(=O)(=O)O. The van der Waals surface area contributed by atoms with Crippen LogP contribution in [-0.2, 0) is 38.1 Å². The number of fused-ring (bicyclic) bond motifs is 1. The fraction of sp³-hybridized carbons (Fsp3) is 0.333. The number of pyridine rings is 1. The van der Waals surface area contributed by atoms with E-state index in [4.69, 9.17) is 24.5 Å². The first-order valence-corrected chi connectivity index (χ1v) is 17.4. The molecule has 2 aromatic carbocycles. The molecule has 49 heavy (non-hydrogen) atoms. The Hall–Kier alpha value is -5.35. The summed E-state index contributed by atoms with van der Waals surface area (Å²) in [7, 11) is -1.78. The van der Waals surface area contributed by atoms with E-state index in [1.807, 2.05) is 23.7 Å². The zero-order chi connectivity index (χ0) is 36.0. The highest BCUT2D eigenvalue weighted by Gasteiger charge is 2.24. The molecule has 0 radical (unpaired) electrons. The number of aromatic nitrogens is 3. The fourth-order valence-electron chi connectivity index (χ4n) is 4.33. The van der Waals surface area contributed by atoms with Crippen molar-refractivity contribution >= 4 is 56.5 Å². The van der Waals surface area contributed by atoms with E-state index in [0.717, 1.165) is 47.8 Å². The van der Waals surface area contributed by atoms with Gasteiger partial charge in [0.2, 0.25) is 0 Å². The smallest absolute Gasteiger partial charge is 0.412 e. The number of carbonyl (C=O) groups excluding carboxylic acids is 3. The number of anilines is 2. The zero-order valence-corrected chi connectivity index (χ0v) is 28.6. The summed E-state index contributed by atoms with van der Waals surface area (Å²) in [6.07, 6.45) is 5.72. The Bertz CT molecular complexity index is 1840. The number of benzene rings is 2. The van der Waals surface area contributed by atoms with Gasteiger partial charge in [0.15, 0.2) is 5.82 Å². The number of ether oxygens (including phenoxy) is 1. The Morgan fingerprint density at radius 3 is 2.33 bits per heavy atom. The lowest BCUT2D eigenvalue weighted by Gasteiger charge is -2.19. The van der Waals surface area contributed by atoms with Crippen molar-refractivity contribution in [2.45, 2.75) is 52.5 Å². The van der Waals surface area contributed by atoms with Gasteiger partial charge in [0.05, 0.1) is 30.4 Å². The highest BCUT2D eigenvalue weighted by atomic mass is 32.2. The standard InChI is InChI=1S/C32H37N7O5.CH4O3S/c1-4-6-7-10-19-43-32(42)37-30(33)22-12-15-24(16-13-22)35-21-28-36-25-20-23(14-17-26(25)38(28)3)31(41)39(44-29(40)5-2)27-11-8-9-18-34-27;1-5(2,3)4/h8-9,11-18,20,35H,4-7,10,19,21H2,1-3H3,(H2,33,37,42);1H3,(H,2,3,4). The molecular weight excluding hydrogens is 654 g/mol. The minimum absolute atomic E-state index is 0.0399. The van der Waals surface area contributed by atoms with Crippen LogP contribution in [0.15, 0.2) is 66.9 Å². The monoisotopic (exact) mass is 695 g/mol. The van der Waals surface area contributed by atoms with Crippen LogP contribution in [0.2, 0.25) is 0 Å². The molecule has 16 heteroatoms. The maximum absolute atomic E-state index is 13.4. The average Bonchev–Trinajstić information content (AvgIpc) is 3.39. The number of imidazole rings is 1. The lowest BCUT2D eigenvalue weighted by Crippen LogP contribution is -2.34. The predicted octanol–water partition coefficient (Wildman–Crippen LogP) is 5.23. The van der Waals surface area contributed by atoms with E-state index in [1.165, 1.54) is 6.20 Å². The molecule has 15 nitrogen and oxygen atoms in total. The third-order valence-electron chi connectivity index (χ3n) is 6.83. The third-order valence-corrected chi connectivity index (χ3v) is 6.83. The number of nitrogens with zero attached hydrogens (tertiary/aromatic N) is 4. The minimum Gasteiger partial charge on any atom is -0.449 e. The van der Waals surface area contributed by atoms with Crippen molar-refractivity contribution in [2.24, 2.45) is 7.05 Å². The van der Waals surface area contributed by atoms with Crippen LogP contribution in [0.25, 0.3) is 11.0 Å². The highest BCUT2D eigenvalue weighted by Crippen LogP contribution is 2.21. The summed E-state index contributed by atoms with van der Waals surface area (Å²) < 4.78 is 32.9. The Morgan fingerprint density at radius 2 is 1.69 bits per heavy atom. The minimum atomic E-state index is -3.67. The topological polar surface area (TPSA) is 206 Å². The normalized spacial score (nSPS) is 10.8. The van der Waals surface area contributed by atoms with Gasteiger partial charge in [0.1, 0.15) is 11.7 Å². The second-order valence-electron chi connectivity index (χ2n) is 10.8. The van der Waals surface area contributed by atoms with E-state index in [2.05, 4.69) is 22.5 Å². The van der Waals surface area contributed by atoms with Crippen LogP contribution in [0.4, 0.5) is 16.3 Å². The number of carbonyl (C=O) groups is 3. The molecule has 0 atom stereocenters. The van der Waals surface area contributed by atoms with E-state index < -0.39 is 28.1 Å². The summed E-state index contributed by atoms with van der Waals surface area (Å²) in [6.45, 7) is 4.49. The van der Waals surface area contributed by atoms with Crippen LogP contribution < -0.4 is 15.7 Å². The van der Waals surface area contributed by atoms with E-state index in [9.17, 15) is 22.8 Å². The van der Waals surface area contributed by atoms with Gasteiger partial charge in [-0.05, 0) is 61.0 Å². The van der Waals surface area contributed by atoms with Crippen molar-refractivity contribution in [3.05, 3.63) is 83.8 Å². The molecule has 0 saturated carbocycles. The number of rotatable bonds is 12. The van der Waals surface area contributed by atoms with Gasteiger partial charge in [-0.2, -0.15) is 8.42 Å². The molecule has 0 unspecified atom stereocenters. The molecule has 2 aromatic heterocycles. The molecule has 0 aliphatic heterocycles. The van der Waals surface area contributed by atoms with Crippen molar-refractivity contribution in [3.63, 3.8) is 0 Å². The first-order valence-electron chi connectivity index (χ1n) is 15.5. The average molecular weight is 696 g/mol. The van der Waals surface area contributed by atoms with Crippen LogP contribution in [0.5, 0.6) is 0 Å². The molecule has 0 saturated heterocycles. The van der Waals surface area contributed by atoms with E-state index >= 15 is 0 Å². The number of aryl methyl sites for hydroxylation is 1. The van der Waals surface area contributed by atoms with Crippen molar-refractivity contribution in [2.75, 3.05) is 23.2 Å². The molecule has 0 aliphatic carbocycles. The second-order valence-corrected chi connectivity index (χ2v) is 12.2. The van der Waals surface area contributed by atoms with Crippen LogP contribution in [0.1, 0.15) is 67.7 Å². The van der Waals surface area contributed by atoms with Gasteiger partial charge in [-0.15, -0.1) is 5.06 Å². The van der Waals surface area contributed by atoms with Gasteiger partial charge in [0.25, 0.3) is 16.0 Å². The summed E-state index contributed by atoms with van der Waals surface area (Å²) >= 11 is 0. The van der Waals surface area contributed by atoms with E-state index in [0.29, 0.717) is 30.5 Å². The second kappa shape index (κ2) is 18.3. The maximum Gasteiger partial charge on any atom is 0.412 e. The molecule has 0 aliphatic rings. The lowest BCUT2D eigenvalue weighted by molar-refractivity contribution is -0.143. The maximum atomic E-state index is 13.4. The van der Waals surface area contributed by atoms with Crippen LogP contribution in [-0.4, -0.2) is 64.2 Å². The Morgan fingerprint density at radius 1 is 1.00 bits per heavy atom. The van der Waals surface area contributed by atoms with Gasteiger partial charge >= 0.3 is 12.1 Å². The fourth-order valence-corrected chi connectivity index (χ4v) is 4.33. The van der Waals surface area contributed by atoms with Crippen LogP contribution >= 0.6 is 0 Å². The number of alkyl carbamates (subject to hydrolysis) is 1. The number of unbranched alkanes of at least 4 members (excludes halogenated alkanes) is 3. The van der Waals surface area contributed by atoms with E-state index in [1.54, 1.807) is 55.5 Å². The van der Waals surface area contributed by atoms with Gasteiger partial charge < -0.3 is 19.5 Å². The molecule has 4 rings (SSSR count). The Kier molecular flexibility index (Phi) is 14.2. The summed E-state index contributed by atoms with van der Waals surface area (Å²) in [6, 6.07) is 17.2. The predicted molar refractivity (Wildman–Crippen MR) is 185 cm³/mol. The van der Waals surface area contributed by atoms with Crippen molar-refractivity contribution < 1.29 is 36.9 Å². The zero-order valence-electron chi connectivity index (χ0n) is 27.8. The van der Waals surface area contributed by atoms with Crippen molar-refractivity contribution in [1.29, 1.82) is 5.41 Å². The summed E-state index contributed by atoms with van der Waals surface area (Å²) in [4.78, 5) is 51.5. The number of nitrogens with one attached hydrogen (secondary N) is 3. The van der Waals surface area contributed by atoms with Gasteiger partial charge in [-0.25, -0.2) is 19.6 Å². The molecular formula is C33H41N7O8S. The van der Waals surface area contributed by atoms with E-state index in [-0.39, 0.29) is 23.6 Å². The Labute approximate surface area is 284 Å². The van der Waals surface area contributed by atoms with Gasteiger partial charge in [-0.1, -0.05) is 39.2 Å². The molecule has 262 valence electrons. The van der Waals surface area contributed by atoms with Crippen LogP contribution in [0.3, 0.4) is 0 Å². The highest BCUT2D eigenvalue weighted by molar-refractivity contribution is 7.85. The molecule has 2 amide bonds. The van der Waals surface area contributed by atoms with Gasteiger partial charge in [-0.3, -0.25) is 20.1 Å². The lowest BCUT2D eigenvalue weighted by atomic mass is 10.2. The first kappa shape index (κ1) is 38.1. The van der Waals surface area contributed by atoms with Crippen molar-refractivity contribution in [1.82, 2.24) is 19.9 Å². The number of hydrogen-bond donors (Lipinski definition) is 4. The molecule has 0 fully saturated rings. The molecule has 2 heterocycles. The first-order chi connectivity index (χ1) is 23.3. The quantitative estimate of drug-likeness (QED) is 0.0496. The largest absolute Gasteiger partial charge is 0.449 e. The number of hydroxylamine groups is 1. The number of hydrogen-bond acceptors (Lipinski definition) is 11. The summed E-state index contributed by atoms with van der Waals surface area (Å²) in [5.41, 5.74) is 3.05. The number of amides is 2.